The van der Waals surface area contributed by atoms with Gasteiger partial charge < -0.3 is 9.42 Å². The Bertz CT molecular complexity index is 384. The largest absolute Gasteiger partial charge is 0.421 e. The standard InChI is InChI=1S/C8H7O3P/c9-12(10)6-5-7-3-1-2-4-8(7)11-12/h1-6H,(H,9,10). The Morgan fingerprint density at radius 2 is 2.08 bits per heavy atom. The van der Waals surface area contributed by atoms with E-state index >= 15 is 0 Å². The van der Waals surface area contributed by atoms with Gasteiger partial charge in [0.05, 0.1) is 0 Å². The molecule has 1 aliphatic heterocycles. The summed E-state index contributed by atoms with van der Waals surface area (Å²) in [7, 11) is -3.50. The number of para-hydroxylation sites is 1. The Morgan fingerprint density at radius 3 is 2.92 bits per heavy atom. The second kappa shape index (κ2) is 2.47. The minimum Gasteiger partial charge on any atom is -0.421 e. The van der Waals surface area contributed by atoms with E-state index in [1.165, 1.54) is 5.82 Å². The van der Waals surface area contributed by atoms with Crippen LogP contribution < -0.4 is 4.52 Å². The van der Waals surface area contributed by atoms with Crippen molar-refractivity contribution in [3.63, 3.8) is 0 Å². The zero-order valence-corrected chi connectivity index (χ0v) is 7.07. The molecule has 1 unspecified atom stereocenters. The fourth-order valence-electron chi connectivity index (χ4n) is 1.05. The van der Waals surface area contributed by atoms with Crippen LogP contribution in [0.5, 0.6) is 5.75 Å². The summed E-state index contributed by atoms with van der Waals surface area (Å²) in [4.78, 5) is 9.07. The van der Waals surface area contributed by atoms with Gasteiger partial charge in [-0.15, -0.1) is 0 Å². The van der Waals surface area contributed by atoms with Crippen LogP contribution in [-0.2, 0) is 4.57 Å². The summed E-state index contributed by atoms with van der Waals surface area (Å²) in [5.74, 6) is 1.65. The van der Waals surface area contributed by atoms with Gasteiger partial charge in [0.2, 0.25) is 0 Å². The van der Waals surface area contributed by atoms with Crippen molar-refractivity contribution in [1.29, 1.82) is 0 Å². The van der Waals surface area contributed by atoms with Crippen molar-refractivity contribution >= 4 is 13.7 Å². The summed E-state index contributed by atoms with van der Waals surface area (Å²) >= 11 is 0. The van der Waals surface area contributed by atoms with Crippen molar-refractivity contribution in [3.8, 4) is 5.75 Å². The summed E-state index contributed by atoms with van der Waals surface area (Å²) in [6.07, 6.45) is 1.60. The highest BCUT2D eigenvalue weighted by atomic mass is 31.2. The van der Waals surface area contributed by atoms with Crippen LogP contribution in [0.1, 0.15) is 5.56 Å². The lowest BCUT2D eigenvalue weighted by Gasteiger charge is -2.15. The fourth-order valence-corrected chi connectivity index (χ4v) is 1.91. The second-order valence-corrected chi connectivity index (χ2v) is 4.12. The average molecular weight is 182 g/mol. The van der Waals surface area contributed by atoms with Crippen molar-refractivity contribution in [3.05, 3.63) is 35.6 Å². The minimum atomic E-state index is -3.50. The lowest BCUT2D eigenvalue weighted by molar-refractivity contribution is 0.390. The molecular weight excluding hydrogens is 175 g/mol. The van der Waals surface area contributed by atoms with E-state index in [0.717, 1.165) is 5.56 Å². The summed E-state index contributed by atoms with van der Waals surface area (Å²) < 4.78 is 15.9. The zero-order valence-electron chi connectivity index (χ0n) is 6.18. The first-order chi connectivity index (χ1) is 5.67. The molecule has 12 heavy (non-hydrogen) atoms. The molecule has 1 heterocycles. The first-order valence-electron chi connectivity index (χ1n) is 3.48. The SMILES string of the molecule is O=P1(O)C=Cc2ccccc2O1. The topological polar surface area (TPSA) is 46.5 Å². The molecule has 0 saturated heterocycles. The molecule has 62 valence electrons. The molecule has 1 aromatic rings. The van der Waals surface area contributed by atoms with E-state index in [0.29, 0.717) is 5.75 Å². The van der Waals surface area contributed by atoms with Crippen molar-refractivity contribution < 1.29 is 14.0 Å². The highest BCUT2D eigenvalue weighted by Gasteiger charge is 2.21. The predicted octanol–water partition coefficient (Wildman–Crippen LogP) is 2.24. The molecule has 4 heteroatoms. The van der Waals surface area contributed by atoms with Gasteiger partial charge in [-0.25, -0.2) is 4.57 Å². The number of hydrogen-bond acceptors (Lipinski definition) is 2. The van der Waals surface area contributed by atoms with Gasteiger partial charge in [0, 0.05) is 11.4 Å². The number of rotatable bonds is 0. The van der Waals surface area contributed by atoms with E-state index in [4.69, 9.17) is 9.42 Å². The van der Waals surface area contributed by atoms with Gasteiger partial charge in [-0.2, -0.15) is 0 Å². The van der Waals surface area contributed by atoms with E-state index in [-0.39, 0.29) is 0 Å². The molecule has 1 atom stereocenters. The molecular formula is C8H7O3P. The van der Waals surface area contributed by atoms with Crippen LogP contribution in [0.25, 0.3) is 6.08 Å². The Labute approximate surface area is 69.8 Å². The van der Waals surface area contributed by atoms with Crippen LogP contribution in [0.3, 0.4) is 0 Å². The molecule has 1 aliphatic rings. The van der Waals surface area contributed by atoms with Crippen LogP contribution in [0.2, 0.25) is 0 Å². The van der Waals surface area contributed by atoms with Gasteiger partial charge in [0.15, 0.2) is 0 Å². The van der Waals surface area contributed by atoms with Crippen molar-refractivity contribution in [2.75, 3.05) is 0 Å². The average Bonchev–Trinajstić information content (AvgIpc) is 2.02. The summed E-state index contributed by atoms with van der Waals surface area (Å²) in [5.41, 5.74) is 0.832. The smallest absolute Gasteiger partial charge is 0.401 e. The third-order valence-corrected chi connectivity index (χ3v) is 2.57. The van der Waals surface area contributed by atoms with Crippen LogP contribution in [0.4, 0.5) is 0 Å². The first-order valence-corrected chi connectivity index (χ1v) is 5.12. The van der Waals surface area contributed by atoms with E-state index in [1.807, 2.05) is 12.1 Å². The van der Waals surface area contributed by atoms with Crippen molar-refractivity contribution in [2.45, 2.75) is 0 Å². The molecule has 1 N–H and O–H groups in total. The van der Waals surface area contributed by atoms with E-state index in [2.05, 4.69) is 0 Å². The molecule has 0 spiro atoms. The van der Waals surface area contributed by atoms with Gasteiger partial charge in [0.25, 0.3) is 0 Å². The molecule has 0 amide bonds. The van der Waals surface area contributed by atoms with Crippen LogP contribution in [0.15, 0.2) is 30.1 Å². The normalized spacial score (nSPS) is 26.1. The van der Waals surface area contributed by atoms with Crippen LogP contribution in [-0.4, -0.2) is 4.89 Å². The number of benzene rings is 1. The van der Waals surface area contributed by atoms with E-state index in [1.54, 1.807) is 18.2 Å². The molecule has 2 rings (SSSR count). The predicted molar refractivity (Wildman–Crippen MR) is 45.9 cm³/mol. The molecule has 0 aromatic heterocycles. The zero-order chi connectivity index (χ0) is 8.60. The van der Waals surface area contributed by atoms with Crippen LogP contribution >= 0.6 is 7.60 Å². The Balaban J connectivity index is 2.53. The lowest BCUT2D eigenvalue weighted by atomic mass is 10.2. The summed E-state index contributed by atoms with van der Waals surface area (Å²) in [6.45, 7) is 0. The number of hydrogen-bond donors (Lipinski definition) is 1. The molecule has 0 bridgehead atoms. The third kappa shape index (κ3) is 1.29. The minimum absolute atomic E-state index is 0.464. The van der Waals surface area contributed by atoms with Crippen molar-refractivity contribution in [1.82, 2.24) is 0 Å². The molecule has 0 saturated carbocycles. The van der Waals surface area contributed by atoms with Gasteiger partial charge in [-0.3, -0.25) is 0 Å². The maximum atomic E-state index is 11.0. The van der Waals surface area contributed by atoms with E-state index < -0.39 is 7.60 Å². The quantitative estimate of drug-likeness (QED) is 0.626. The van der Waals surface area contributed by atoms with Gasteiger partial charge in [-0.05, 0) is 12.1 Å². The first kappa shape index (κ1) is 7.59. The lowest BCUT2D eigenvalue weighted by Crippen LogP contribution is -1.94. The molecule has 0 aliphatic carbocycles. The number of fused-ring (bicyclic) bond motifs is 1. The Kier molecular flexibility index (Phi) is 1.56. The molecule has 0 radical (unpaired) electrons. The second-order valence-electron chi connectivity index (χ2n) is 2.51. The van der Waals surface area contributed by atoms with Crippen molar-refractivity contribution in [2.24, 2.45) is 0 Å². The summed E-state index contributed by atoms with van der Waals surface area (Å²) in [6, 6.07) is 7.10. The maximum absolute atomic E-state index is 11.0. The Morgan fingerprint density at radius 1 is 1.33 bits per heavy atom. The van der Waals surface area contributed by atoms with E-state index in [9.17, 15) is 4.57 Å². The molecule has 3 nitrogen and oxygen atoms in total. The fraction of sp³-hybridized carbons (Fsp3) is 0. The molecule has 0 fully saturated rings. The molecule has 1 aromatic carbocycles. The maximum Gasteiger partial charge on any atom is 0.401 e. The van der Waals surface area contributed by atoms with Crippen LogP contribution in [0, 0.1) is 0 Å². The summed E-state index contributed by atoms with van der Waals surface area (Å²) in [5, 5.41) is 0. The monoisotopic (exact) mass is 182 g/mol. The van der Waals surface area contributed by atoms with Gasteiger partial charge in [0.1, 0.15) is 5.75 Å². The van der Waals surface area contributed by atoms with Gasteiger partial charge in [-0.1, -0.05) is 18.2 Å². The highest BCUT2D eigenvalue weighted by molar-refractivity contribution is 7.56. The third-order valence-electron chi connectivity index (χ3n) is 1.59. The van der Waals surface area contributed by atoms with Gasteiger partial charge >= 0.3 is 7.60 Å². The highest BCUT2D eigenvalue weighted by Crippen LogP contribution is 2.49. The Hall–Kier alpha value is -1.05.